The highest BCUT2D eigenvalue weighted by Crippen LogP contribution is 2.25. The number of carboxylic acid groups (broad SMARTS) is 1. The molecule has 0 bridgehead atoms. The summed E-state index contributed by atoms with van der Waals surface area (Å²) in [6, 6.07) is 3.71. The molecule has 0 aliphatic rings. The minimum atomic E-state index is -1.25. The molecule has 9 heteroatoms. The number of nitrogens with zero attached hydrogens (tertiary/aromatic N) is 1. The standard InChI is InChI=1S/C9H7BrN2O6/c10-6-2-1-5(3-7(6)12(16)17)9(15)11-18-4-8(13)14/h1-3H,4H2,(H,11,15)(H,13,14). The predicted octanol–water partition coefficient (Wildman–Crippen LogP) is 1.10. The molecule has 0 heterocycles. The Bertz CT molecular complexity index is 504. The number of hydrogen-bond donors (Lipinski definition) is 2. The summed E-state index contributed by atoms with van der Waals surface area (Å²) in [6.07, 6.45) is 0. The Morgan fingerprint density at radius 3 is 2.72 bits per heavy atom. The van der Waals surface area contributed by atoms with Crippen molar-refractivity contribution in [3.8, 4) is 0 Å². The molecule has 0 radical (unpaired) electrons. The number of aliphatic carboxylic acids is 1. The fourth-order valence-corrected chi connectivity index (χ4v) is 1.41. The fraction of sp³-hybridized carbons (Fsp3) is 0.111. The Labute approximate surface area is 109 Å². The number of nitrogens with one attached hydrogen (secondary N) is 1. The van der Waals surface area contributed by atoms with Crippen molar-refractivity contribution in [1.29, 1.82) is 0 Å². The van der Waals surface area contributed by atoms with Crippen LogP contribution in [0.1, 0.15) is 10.4 Å². The number of carbonyl (C=O) groups excluding carboxylic acids is 1. The van der Waals surface area contributed by atoms with Crippen molar-refractivity contribution >= 4 is 33.5 Å². The van der Waals surface area contributed by atoms with Crippen molar-refractivity contribution in [3.05, 3.63) is 38.3 Å². The lowest BCUT2D eigenvalue weighted by atomic mass is 10.2. The highest BCUT2D eigenvalue weighted by Gasteiger charge is 2.16. The van der Waals surface area contributed by atoms with E-state index in [1.807, 2.05) is 5.48 Å². The van der Waals surface area contributed by atoms with Crippen molar-refractivity contribution < 1.29 is 24.5 Å². The first-order valence-corrected chi connectivity index (χ1v) is 5.29. The number of hydrogen-bond acceptors (Lipinski definition) is 5. The van der Waals surface area contributed by atoms with Gasteiger partial charge in [0.25, 0.3) is 11.6 Å². The Kier molecular flexibility index (Phi) is 4.75. The summed E-state index contributed by atoms with van der Waals surface area (Å²) in [5, 5.41) is 18.9. The van der Waals surface area contributed by atoms with E-state index in [0.717, 1.165) is 6.07 Å². The summed E-state index contributed by atoms with van der Waals surface area (Å²) in [6.45, 7) is -0.704. The van der Waals surface area contributed by atoms with Crippen molar-refractivity contribution in [3.63, 3.8) is 0 Å². The minimum absolute atomic E-state index is 0.0183. The first-order chi connectivity index (χ1) is 8.41. The lowest BCUT2D eigenvalue weighted by Crippen LogP contribution is -2.26. The number of amides is 1. The van der Waals surface area contributed by atoms with E-state index in [9.17, 15) is 19.7 Å². The van der Waals surface area contributed by atoms with Gasteiger partial charge in [-0.3, -0.25) is 19.7 Å². The third-order valence-electron chi connectivity index (χ3n) is 1.77. The highest BCUT2D eigenvalue weighted by molar-refractivity contribution is 9.10. The van der Waals surface area contributed by atoms with E-state index in [0.29, 0.717) is 0 Å². The zero-order valence-electron chi connectivity index (χ0n) is 8.75. The van der Waals surface area contributed by atoms with Crippen molar-refractivity contribution in [2.24, 2.45) is 0 Å². The lowest BCUT2D eigenvalue weighted by molar-refractivity contribution is -0.385. The molecule has 1 rings (SSSR count). The van der Waals surface area contributed by atoms with Gasteiger partial charge in [-0.25, -0.2) is 10.3 Å². The van der Waals surface area contributed by atoms with Crippen LogP contribution in [0.3, 0.4) is 0 Å². The Hall–Kier alpha value is -2.00. The van der Waals surface area contributed by atoms with E-state index in [2.05, 4.69) is 20.8 Å². The highest BCUT2D eigenvalue weighted by atomic mass is 79.9. The van der Waals surface area contributed by atoms with Gasteiger partial charge in [0.2, 0.25) is 0 Å². The molecule has 1 aromatic carbocycles. The summed E-state index contributed by atoms with van der Waals surface area (Å²) in [7, 11) is 0. The quantitative estimate of drug-likeness (QED) is 0.620. The van der Waals surface area contributed by atoms with Crippen LogP contribution in [0, 0.1) is 10.1 Å². The van der Waals surface area contributed by atoms with Gasteiger partial charge in [-0.05, 0) is 28.1 Å². The van der Waals surface area contributed by atoms with Crippen LogP contribution in [0.2, 0.25) is 0 Å². The average molecular weight is 319 g/mol. The maximum Gasteiger partial charge on any atom is 0.332 e. The molecule has 96 valence electrons. The second-order valence-electron chi connectivity index (χ2n) is 3.04. The third kappa shape index (κ3) is 3.79. The van der Waals surface area contributed by atoms with Gasteiger partial charge >= 0.3 is 5.97 Å². The number of hydroxylamine groups is 1. The van der Waals surface area contributed by atoms with Gasteiger partial charge in [-0.15, -0.1) is 0 Å². The molecule has 0 fully saturated rings. The molecule has 2 N–H and O–H groups in total. The molecule has 0 atom stereocenters. The largest absolute Gasteiger partial charge is 0.479 e. The summed E-state index contributed by atoms with van der Waals surface area (Å²) < 4.78 is 0.232. The molecule has 1 aromatic rings. The zero-order chi connectivity index (χ0) is 13.7. The van der Waals surface area contributed by atoms with Crippen LogP contribution in [0.25, 0.3) is 0 Å². The number of rotatable bonds is 5. The van der Waals surface area contributed by atoms with E-state index in [4.69, 9.17) is 5.11 Å². The van der Waals surface area contributed by atoms with Crippen molar-refractivity contribution in [1.82, 2.24) is 5.48 Å². The third-order valence-corrected chi connectivity index (χ3v) is 2.44. The number of nitro groups is 1. The first kappa shape index (κ1) is 14.1. The maximum absolute atomic E-state index is 11.4. The van der Waals surface area contributed by atoms with E-state index < -0.39 is 23.4 Å². The summed E-state index contributed by atoms with van der Waals surface area (Å²) >= 11 is 2.97. The summed E-state index contributed by atoms with van der Waals surface area (Å²) in [5.41, 5.74) is 1.56. The second-order valence-corrected chi connectivity index (χ2v) is 3.89. The smallest absolute Gasteiger partial charge is 0.332 e. The molecular formula is C9H7BrN2O6. The van der Waals surface area contributed by atoms with Crippen LogP contribution in [0.5, 0.6) is 0 Å². The van der Waals surface area contributed by atoms with Crippen LogP contribution >= 0.6 is 15.9 Å². The van der Waals surface area contributed by atoms with Crippen molar-refractivity contribution in [2.75, 3.05) is 6.61 Å². The average Bonchev–Trinajstić information content (AvgIpc) is 2.28. The van der Waals surface area contributed by atoms with Gasteiger partial charge in [0, 0.05) is 11.6 Å². The first-order valence-electron chi connectivity index (χ1n) is 4.49. The molecule has 18 heavy (non-hydrogen) atoms. The maximum atomic E-state index is 11.4. The van der Waals surface area contributed by atoms with Crippen LogP contribution in [-0.2, 0) is 9.63 Å². The fourth-order valence-electron chi connectivity index (χ4n) is 1.02. The SMILES string of the molecule is O=C(O)CONC(=O)c1ccc(Br)c([N+](=O)[O-])c1. The lowest BCUT2D eigenvalue weighted by Gasteiger charge is -2.04. The number of benzene rings is 1. The van der Waals surface area contributed by atoms with Gasteiger partial charge < -0.3 is 5.11 Å². The van der Waals surface area contributed by atoms with Gasteiger partial charge in [-0.1, -0.05) is 0 Å². The van der Waals surface area contributed by atoms with Gasteiger partial charge in [0.15, 0.2) is 6.61 Å². The topological polar surface area (TPSA) is 119 Å². The van der Waals surface area contributed by atoms with Gasteiger partial charge in [-0.2, -0.15) is 0 Å². The molecule has 0 spiro atoms. The van der Waals surface area contributed by atoms with Gasteiger partial charge in [0.05, 0.1) is 9.40 Å². The molecule has 8 nitrogen and oxygen atoms in total. The summed E-state index contributed by atoms with van der Waals surface area (Å²) in [4.78, 5) is 35.9. The summed E-state index contributed by atoms with van der Waals surface area (Å²) in [5.74, 6) is -2.02. The minimum Gasteiger partial charge on any atom is -0.479 e. The number of carboxylic acids is 1. The van der Waals surface area contributed by atoms with Crippen LogP contribution in [0.4, 0.5) is 5.69 Å². The molecule has 0 saturated heterocycles. The van der Waals surface area contributed by atoms with Gasteiger partial charge in [0.1, 0.15) is 0 Å². The number of halogens is 1. The monoisotopic (exact) mass is 318 g/mol. The second kappa shape index (κ2) is 6.07. The van der Waals surface area contributed by atoms with Crippen LogP contribution in [0.15, 0.2) is 22.7 Å². The predicted molar refractivity (Wildman–Crippen MR) is 61.9 cm³/mol. The van der Waals surface area contributed by atoms with E-state index in [1.54, 1.807) is 0 Å². The Balaban J connectivity index is 2.77. The molecule has 0 aromatic heterocycles. The molecule has 1 amide bonds. The Morgan fingerprint density at radius 2 is 2.17 bits per heavy atom. The Morgan fingerprint density at radius 1 is 1.50 bits per heavy atom. The van der Waals surface area contributed by atoms with Crippen LogP contribution in [-0.4, -0.2) is 28.5 Å². The number of carbonyl (C=O) groups is 2. The molecule has 0 unspecified atom stereocenters. The van der Waals surface area contributed by atoms with E-state index >= 15 is 0 Å². The van der Waals surface area contributed by atoms with Crippen LogP contribution < -0.4 is 5.48 Å². The molecule has 0 saturated carbocycles. The number of nitro benzene ring substituents is 1. The normalized spacial score (nSPS) is 9.83. The molecular weight excluding hydrogens is 312 g/mol. The molecule has 0 aliphatic carbocycles. The van der Waals surface area contributed by atoms with E-state index in [1.165, 1.54) is 12.1 Å². The van der Waals surface area contributed by atoms with Crippen molar-refractivity contribution in [2.45, 2.75) is 0 Å². The van der Waals surface area contributed by atoms with E-state index in [-0.39, 0.29) is 15.7 Å². The molecule has 0 aliphatic heterocycles. The zero-order valence-corrected chi connectivity index (χ0v) is 10.3.